The average molecular weight is 420 g/mol. The number of rotatable bonds is 7. The third-order valence-corrected chi connectivity index (χ3v) is 6.67. The number of benzene rings is 3. The van der Waals surface area contributed by atoms with Gasteiger partial charge < -0.3 is 4.57 Å². The van der Waals surface area contributed by atoms with Crippen LogP contribution in [0.3, 0.4) is 0 Å². The molecule has 0 atom stereocenters. The summed E-state index contributed by atoms with van der Waals surface area (Å²) in [5, 5.41) is 0. The highest BCUT2D eigenvalue weighted by Crippen LogP contribution is 2.19. The van der Waals surface area contributed by atoms with Crippen LogP contribution in [0.4, 0.5) is 0 Å². The standard InChI is InChI=1S/C24H25N3O2S/c1-3-19-12-14-21(15-13-19)30(28,29)25-16-24-26-22-6-4-5-7-23(22)27(24)17-20-10-8-18(2)9-11-20/h4-15,25H,3,16-17H2,1-2H3. The van der Waals surface area contributed by atoms with Crippen molar-refractivity contribution in [1.82, 2.24) is 14.3 Å². The summed E-state index contributed by atoms with van der Waals surface area (Å²) >= 11 is 0. The van der Waals surface area contributed by atoms with E-state index >= 15 is 0 Å². The van der Waals surface area contributed by atoms with Gasteiger partial charge in [0.25, 0.3) is 0 Å². The summed E-state index contributed by atoms with van der Waals surface area (Å²) < 4.78 is 30.3. The number of nitrogens with one attached hydrogen (secondary N) is 1. The van der Waals surface area contributed by atoms with Crippen LogP contribution >= 0.6 is 0 Å². The SMILES string of the molecule is CCc1ccc(S(=O)(=O)NCc2nc3ccccc3n2Cc2ccc(C)cc2)cc1. The van der Waals surface area contributed by atoms with Crippen molar-refractivity contribution < 1.29 is 8.42 Å². The van der Waals surface area contributed by atoms with Crippen LogP contribution < -0.4 is 4.72 Å². The molecular weight excluding hydrogens is 394 g/mol. The molecule has 0 fully saturated rings. The Labute approximate surface area is 177 Å². The minimum atomic E-state index is -3.62. The molecule has 0 radical (unpaired) electrons. The first-order chi connectivity index (χ1) is 14.5. The summed E-state index contributed by atoms with van der Waals surface area (Å²) in [5.74, 6) is 0.686. The number of hydrogen-bond donors (Lipinski definition) is 1. The van der Waals surface area contributed by atoms with E-state index in [0.717, 1.165) is 28.6 Å². The third kappa shape index (κ3) is 4.30. The number of aromatic nitrogens is 2. The van der Waals surface area contributed by atoms with E-state index in [1.165, 1.54) is 5.56 Å². The second-order valence-corrected chi connectivity index (χ2v) is 9.18. The molecule has 5 nitrogen and oxygen atoms in total. The lowest BCUT2D eigenvalue weighted by molar-refractivity contribution is 0.576. The molecule has 4 rings (SSSR count). The molecule has 0 amide bonds. The number of hydrogen-bond acceptors (Lipinski definition) is 3. The molecule has 154 valence electrons. The zero-order valence-electron chi connectivity index (χ0n) is 17.2. The number of para-hydroxylation sites is 2. The number of aryl methyl sites for hydroxylation is 2. The van der Waals surface area contributed by atoms with Gasteiger partial charge in [0.1, 0.15) is 5.82 Å². The van der Waals surface area contributed by atoms with Gasteiger partial charge in [0.15, 0.2) is 0 Å². The van der Waals surface area contributed by atoms with Crippen LogP contribution in [0.25, 0.3) is 11.0 Å². The zero-order chi connectivity index (χ0) is 21.1. The zero-order valence-corrected chi connectivity index (χ0v) is 18.0. The Morgan fingerprint density at radius 1 is 0.900 bits per heavy atom. The van der Waals surface area contributed by atoms with Crippen molar-refractivity contribution in [3.63, 3.8) is 0 Å². The van der Waals surface area contributed by atoms with Crippen molar-refractivity contribution >= 4 is 21.1 Å². The number of sulfonamides is 1. The van der Waals surface area contributed by atoms with Crippen molar-refractivity contribution in [3.05, 3.63) is 95.3 Å². The summed E-state index contributed by atoms with van der Waals surface area (Å²) in [6.45, 7) is 4.85. The lowest BCUT2D eigenvalue weighted by atomic mass is 10.1. The fourth-order valence-corrected chi connectivity index (χ4v) is 4.44. The Morgan fingerprint density at radius 2 is 1.57 bits per heavy atom. The van der Waals surface area contributed by atoms with Gasteiger partial charge >= 0.3 is 0 Å². The molecule has 0 aliphatic heterocycles. The van der Waals surface area contributed by atoms with Gasteiger partial charge in [-0.25, -0.2) is 18.1 Å². The quantitative estimate of drug-likeness (QED) is 0.482. The van der Waals surface area contributed by atoms with Gasteiger partial charge in [-0.2, -0.15) is 0 Å². The van der Waals surface area contributed by atoms with E-state index in [1.807, 2.05) is 43.3 Å². The molecular formula is C24H25N3O2S. The Hall–Kier alpha value is -2.96. The van der Waals surface area contributed by atoms with Crippen LogP contribution in [0.1, 0.15) is 29.4 Å². The predicted molar refractivity (Wildman–Crippen MR) is 120 cm³/mol. The topological polar surface area (TPSA) is 64.0 Å². The molecule has 0 bridgehead atoms. The third-order valence-electron chi connectivity index (χ3n) is 5.26. The Kier molecular flexibility index (Phi) is 5.70. The number of imidazole rings is 1. The molecule has 0 saturated heterocycles. The first-order valence-corrected chi connectivity index (χ1v) is 11.5. The van der Waals surface area contributed by atoms with Gasteiger partial charge in [-0.3, -0.25) is 0 Å². The van der Waals surface area contributed by atoms with E-state index in [9.17, 15) is 8.42 Å². The van der Waals surface area contributed by atoms with Crippen molar-refractivity contribution in [1.29, 1.82) is 0 Å². The fraction of sp³-hybridized carbons (Fsp3) is 0.208. The molecule has 1 N–H and O–H groups in total. The van der Waals surface area contributed by atoms with Gasteiger partial charge in [-0.15, -0.1) is 0 Å². The van der Waals surface area contributed by atoms with Gasteiger partial charge in [-0.05, 0) is 48.7 Å². The summed E-state index contributed by atoms with van der Waals surface area (Å²) in [5.41, 5.74) is 5.29. The summed E-state index contributed by atoms with van der Waals surface area (Å²) in [6.07, 6.45) is 0.872. The van der Waals surface area contributed by atoms with Crippen LogP contribution in [0.15, 0.2) is 77.7 Å². The highest BCUT2D eigenvalue weighted by Gasteiger charge is 2.17. The van der Waals surface area contributed by atoms with E-state index in [1.54, 1.807) is 12.1 Å². The van der Waals surface area contributed by atoms with Crippen LogP contribution in [-0.2, 0) is 29.5 Å². The van der Waals surface area contributed by atoms with E-state index in [-0.39, 0.29) is 11.4 Å². The second kappa shape index (κ2) is 8.42. The summed E-state index contributed by atoms with van der Waals surface area (Å²) in [4.78, 5) is 4.95. The van der Waals surface area contributed by atoms with Crippen LogP contribution in [0, 0.1) is 6.92 Å². The Morgan fingerprint density at radius 3 is 2.27 bits per heavy atom. The second-order valence-electron chi connectivity index (χ2n) is 7.41. The van der Waals surface area contributed by atoms with Crippen LogP contribution in [0.2, 0.25) is 0 Å². The molecule has 0 saturated carbocycles. The van der Waals surface area contributed by atoms with Gasteiger partial charge in [0.05, 0.1) is 22.5 Å². The maximum atomic E-state index is 12.8. The first kappa shape index (κ1) is 20.3. The first-order valence-electron chi connectivity index (χ1n) is 10.0. The number of fused-ring (bicyclic) bond motifs is 1. The van der Waals surface area contributed by atoms with Crippen molar-refractivity contribution in [3.8, 4) is 0 Å². The van der Waals surface area contributed by atoms with E-state index in [2.05, 4.69) is 45.5 Å². The Balaban J connectivity index is 1.62. The summed E-state index contributed by atoms with van der Waals surface area (Å²) in [7, 11) is -3.62. The Bertz CT molecular complexity index is 1260. The molecule has 0 spiro atoms. The smallest absolute Gasteiger partial charge is 0.240 e. The lowest BCUT2D eigenvalue weighted by Gasteiger charge is -2.11. The van der Waals surface area contributed by atoms with E-state index < -0.39 is 10.0 Å². The van der Waals surface area contributed by atoms with E-state index in [0.29, 0.717) is 12.4 Å². The molecule has 0 unspecified atom stereocenters. The molecule has 4 aromatic rings. The fourth-order valence-electron chi connectivity index (χ4n) is 3.46. The van der Waals surface area contributed by atoms with Crippen molar-refractivity contribution in [2.45, 2.75) is 38.3 Å². The van der Waals surface area contributed by atoms with Gasteiger partial charge in [0, 0.05) is 6.54 Å². The summed E-state index contributed by atoms with van der Waals surface area (Å²) in [6, 6.07) is 23.2. The van der Waals surface area contributed by atoms with Crippen LogP contribution in [0.5, 0.6) is 0 Å². The maximum Gasteiger partial charge on any atom is 0.240 e. The van der Waals surface area contributed by atoms with Gasteiger partial charge in [0.2, 0.25) is 10.0 Å². The highest BCUT2D eigenvalue weighted by molar-refractivity contribution is 7.89. The minimum Gasteiger partial charge on any atom is -0.322 e. The largest absolute Gasteiger partial charge is 0.322 e. The average Bonchev–Trinajstić information content (AvgIpc) is 3.11. The van der Waals surface area contributed by atoms with Crippen LogP contribution in [-0.4, -0.2) is 18.0 Å². The van der Waals surface area contributed by atoms with E-state index in [4.69, 9.17) is 0 Å². The molecule has 0 aliphatic rings. The predicted octanol–water partition coefficient (Wildman–Crippen LogP) is 4.43. The molecule has 6 heteroatoms. The maximum absolute atomic E-state index is 12.8. The monoisotopic (exact) mass is 419 g/mol. The molecule has 1 aromatic heterocycles. The van der Waals surface area contributed by atoms with Crippen molar-refractivity contribution in [2.75, 3.05) is 0 Å². The molecule has 30 heavy (non-hydrogen) atoms. The highest BCUT2D eigenvalue weighted by atomic mass is 32.2. The molecule has 1 heterocycles. The van der Waals surface area contributed by atoms with Crippen molar-refractivity contribution in [2.24, 2.45) is 0 Å². The number of nitrogens with zero attached hydrogens (tertiary/aromatic N) is 2. The molecule has 0 aliphatic carbocycles. The lowest BCUT2D eigenvalue weighted by Crippen LogP contribution is -2.25. The molecule has 3 aromatic carbocycles. The minimum absolute atomic E-state index is 0.123. The van der Waals surface area contributed by atoms with Gasteiger partial charge in [-0.1, -0.05) is 61.0 Å². The normalized spacial score (nSPS) is 11.8.